The number of aromatic nitrogens is 2. The third-order valence-corrected chi connectivity index (χ3v) is 3.07. The highest BCUT2D eigenvalue weighted by Gasteiger charge is 2.09. The van der Waals surface area contributed by atoms with E-state index in [0.29, 0.717) is 6.54 Å². The van der Waals surface area contributed by atoms with Crippen molar-refractivity contribution in [2.75, 3.05) is 0 Å². The molecule has 0 aliphatic heterocycles. The van der Waals surface area contributed by atoms with Crippen molar-refractivity contribution in [1.29, 1.82) is 0 Å². The molecule has 2 aromatic heterocycles. The van der Waals surface area contributed by atoms with Gasteiger partial charge in [-0.1, -0.05) is 18.2 Å². The van der Waals surface area contributed by atoms with Crippen LogP contribution in [-0.4, -0.2) is 9.97 Å². The van der Waals surface area contributed by atoms with Crippen molar-refractivity contribution >= 4 is 21.8 Å². The van der Waals surface area contributed by atoms with Gasteiger partial charge in [0.2, 0.25) is 0 Å². The third kappa shape index (κ3) is 1.15. The van der Waals surface area contributed by atoms with Crippen molar-refractivity contribution in [3.8, 4) is 0 Å². The van der Waals surface area contributed by atoms with Crippen LogP contribution in [0.2, 0.25) is 0 Å². The molecule has 0 radical (unpaired) electrons. The molecule has 3 nitrogen and oxygen atoms in total. The van der Waals surface area contributed by atoms with Crippen LogP contribution < -0.4 is 5.73 Å². The SMILES string of the molecule is Cc1[nH]c2c(ccc3cccnc32)c1CN. The average molecular weight is 211 g/mol. The molecule has 0 aliphatic carbocycles. The number of nitrogens with one attached hydrogen (secondary N) is 1. The third-order valence-electron chi connectivity index (χ3n) is 3.07. The van der Waals surface area contributed by atoms with Crippen LogP contribution in [0.1, 0.15) is 11.3 Å². The van der Waals surface area contributed by atoms with E-state index in [0.717, 1.165) is 22.1 Å². The zero-order valence-corrected chi connectivity index (χ0v) is 9.12. The number of pyridine rings is 1. The van der Waals surface area contributed by atoms with Crippen LogP contribution in [-0.2, 0) is 6.54 Å². The smallest absolute Gasteiger partial charge is 0.0942 e. The molecule has 0 atom stereocenters. The molecular weight excluding hydrogens is 198 g/mol. The van der Waals surface area contributed by atoms with Crippen LogP contribution in [0.15, 0.2) is 30.5 Å². The molecule has 0 aliphatic rings. The molecule has 3 rings (SSSR count). The highest BCUT2D eigenvalue weighted by atomic mass is 14.8. The zero-order chi connectivity index (χ0) is 11.1. The van der Waals surface area contributed by atoms with Crippen molar-refractivity contribution in [3.63, 3.8) is 0 Å². The van der Waals surface area contributed by atoms with E-state index in [1.54, 1.807) is 0 Å². The van der Waals surface area contributed by atoms with Crippen LogP contribution in [0, 0.1) is 6.92 Å². The summed E-state index contributed by atoms with van der Waals surface area (Å²) < 4.78 is 0. The van der Waals surface area contributed by atoms with Crippen LogP contribution in [0.3, 0.4) is 0 Å². The molecule has 3 N–H and O–H groups in total. The Bertz CT molecular complexity index is 667. The average Bonchev–Trinajstić information content (AvgIpc) is 2.65. The van der Waals surface area contributed by atoms with Crippen LogP contribution in [0.25, 0.3) is 21.8 Å². The van der Waals surface area contributed by atoms with Gasteiger partial charge in [0.15, 0.2) is 0 Å². The Morgan fingerprint density at radius 1 is 1.31 bits per heavy atom. The molecule has 80 valence electrons. The van der Waals surface area contributed by atoms with Gasteiger partial charge in [-0.2, -0.15) is 0 Å². The minimum Gasteiger partial charge on any atom is -0.357 e. The van der Waals surface area contributed by atoms with E-state index in [1.807, 2.05) is 12.3 Å². The molecule has 0 spiro atoms. The molecular formula is C13H13N3. The Kier molecular flexibility index (Phi) is 1.94. The van der Waals surface area contributed by atoms with Gasteiger partial charge in [0, 0.05) is 29.2 Å². The maximum absolute atomic E-state index is 5.76. The zero-order valence-electron chi connectivity index (χ0n) is 9.12. The number of hydrogen-bond acceptors (Lipinski definition) is 2. The number of H-pyrrole nitrogens is 1. The van der Waals surface area contributed by atoms with Gasteiger partial charge in [-0.05, 0) is 18.6 Å². The van der Waals surface area contributed by atoms with Gasteiger partial charge in [-0.15, -0.1) is 0 Å². The lowest BCUT2D eigenvalue weighted by Gasteiger charge is -1.99. The molecule has 0 fully saturated rings. The summed E-state index contributed by atoms with van der Waals surface area (Å²) in [7, 11) is 0. The molecule has 0 bridgehead atoms. The van der Waals surface area contributed by atoms with Gasteiger partial charge in [-0.25, -0.2) is 0 Å². The number of benzene rings is 1. The van der Waals surface area contributed by atoms with Crippen LogP contribution in [0.5, 0.6) is 0 Å². The second-order valence-electron chi connectivity index (χ2n) is 4.00. The van der Waals surface area contributed by atoms with Gasteiger partial charge in [-0.3, -0.25) is 4.98 Å². The lowest BCUT2D eigenvalue weighted by atomic mass is 10.1. The Balaban J connectivity index is 2.52. The van der Waals surface area contributed by atoms with Gasteiger partial charge in [0.25, 0.3) is 0 Å². The first-order valence-electron chi connectivity index (χ1n) is 5.36. The Hall–Kier alpha value is -1.87. The van der Waals surface area contributed by atoms with Gasteiger partial charge in [0.05, 0.1) is 11.0 Å². The standard InChI is InChI=1S/C13H13N3/c1-8-11(7-14)10-5-4-9-3-2-6-15-12(9)13(10)16-8/h2-6,16H,7,14H2,1H3. The number of nitrogens with two attached hydrogens (primary N) is 1. The van der Waals surface area contributed by atoms with E-state index in [1.165, 1.54) is 10.9 Å². The summed E-state index contributed by atoms with van der Waals surface area (Å²) in [4.78, 5) is 7.80. The van der Waals surface area contributed by atoms with Gasteiger partial charge in [0.1, 0.15) is 0 Å². The van der Waals surface area contributed by atoms with Crippen LogP contribution in [0.4, 0.5) is 0 Å². The number of aryl methyl sites for hydroxylation is 1. The number of fused-ring (bicyclic) bond motifs is 3. The molecule has 16 heavy (non-hydrogen) atoms. The summed E-state index contributed by atoms with van der Waals surface area (Å²) in [6, 6.07) is 8.23. The second-order valence-corrected chi connectivity index (χ2v) is 4.00. The summed E-state index contributed by atoms with van der Waals surface area (Å²) in [5.41, 5.74) is 10.2. The van der Waals surface area contributed by atoms with E-state index < -0.39 is 0 Å². The van der Waals surface area contributed by atoms with Crippen LogP contribution >= 0.6 is 0 Å². The van der Waals surface area contributed by atoms with E-state index in [2.05, 4.69) is 35.1 Å². The second kappa shape index (κ2) is 3.32. The lowest BCUT2D eigenvalue weighted by molar-refractivity contribution is 1.05. The van der Waals surface area contributed by atoms with Crippen molar-refractivity contribution in [1.82, 2.24) is 9.97 Å². The number of rotatable bonds is 1. The molecule has 0 unspecified atom stereocenters. The molecule has 3 heteroatoms. The minimum atomic E-state index is 0.560. The molecule has 3 aromatic rings. The first-order chi connectivity index (χ1) is 7.81. The molecule has 0 saturated heterocycles. The Labute approximate surface area is 93.3 Å². The summed E-state index contributed by atoms with van der Waals surface area (Å²) in [6.45, 7) is 2.61. The highest BCUT2D eigenvalue weighted by Crippen LogP contribution is 2.27. The maximum Gasteiger partial charge on any atom is 0.0942 e. The van der Waals surface area contributed by atoms with Crippen molar-refractivity contribution in [2.24, 2.45) is 5.73 Å². The van der Waals surface area contributed by atoms with Crippen molar-refractivity contribution < 1.29 is 0 Å². The van der Waals surface area contributed by atoms with Gasteiger partial charge < -0.3 is 10.7 Å². The summed E-state index contributed by atoms with van der Waals surface area (Å²) in [5, 5.41) is 2.34. The number of hydrogen-bond donors (Lipinski definition) is 2. The minimum absolute atomic E-state index is 0.560. The number of nitrogens with zero attached hydrogens (tertiary/aromatic N) is 1. The highest BCUT2D eigenvalue weighted by molar-refractivity contribution is 6.04. The summed E-state index contributed by atoms with van der Waals surface area (Å²) in [6.07, 6.45) is 1.82. The van der Waals surface area contributed by atoms with Crippen molar-refractivity contribution in [3.05, 3.63) is 41.7 Å². The normalized spacial score (nSPS) is 11.4. The fraction of sp³-hybridized carbons (Fsp3) is 0.154. The molecule has 0 amide bonds. The fourth-order valence-electron chi connectivity index (χ4n) is 2.25. The van der Waals surface area contributed by atoms with E-state index in [9.17, 15) is 0 Å². The molecule has 2 heterocycles. The predicted molar refractivity (Wildman–Crippen MR) is 66.2 cm³/mol. The first-order valence-corrected chi connectivity index (χ1v) is 5.36. The quantitative estimate of drug-likeness (QED) is 0.649. The van der Waals surface area contributed by atoms with E-state index in [4.69, 9.17) is 5.73 Å². The predicted octanol–water partition coefficient (Wildman–Crippen LogP) is 2.48. The summed E-state index contributed by atoms with van der Waals surface area (Å²) in [5.74, 6) is 0. The monoisotopic (exact) mass is 211 g/mol. The Morgan fingerprint density at radius 2 is 2.19 bits per heavy atom. The van der Waals surface area contributed by atoms with E-state index in [-0.39, 0.29) is 0 Å². The largest absolute Gasteiger partial charge is 0.357 e. The number of aromatic amines is 1. The lowest BCUT2D eigenvalue weighted by Crippen LogP contribution is -1.96. The van der Waals surface area contributed by atoms with Crippen molar-refractivity contribution in [2.45, 2.75) is 13.5 Å². The van der Waals surface area contributed by atoms with Gasteiger partial charge >= 0.3 is 0 Å². The summed E-state index contributed by atoms with van der Waals surface area (Å²) >= 11 is 0. The molecule has 0 saturated carbocycles. The fourth-order valence-corrected chi connectivity index (χ4v) is 2.25. The molecule has 1 aromatic carbocycles. The Morgan fingerprint density at radius 3 is 3.00 bits per heavy atom. The first kappa shape index (κ1) is 9.36. The van der Waals surface area contributed by atoms with E-state index >= 15 is 0 Å². The topological polar surface area (TPSA) is 54.7 Å². The maximum atomic E-state index is 5.76.